The van der Waals surface area contributed by atoms with E-state index in [0.29, 0.717) is 6.42 Å². The minimum atomic E-state index is -4.84. The molecule has 0 spiro atoms. The summed E-state index contributed by atoms with van der Waals surface area (Å²) in [7, 11) is -4.84. The maximum Gasteiger partial charge on any atom is 0.325 e. The summed E-state index contributed by atoms with van der Waals surface area (Å²) in [5, 5.41) is 22.2. The van der Waals surface area contributed by atoms with Crippen LogP contribution in [0.4, 0.5) is 0 Å². The van der Waals surface area contributed by atoms with Crippen LogP contribution >= 0.6 is 0 Å². The molecular formula is C12H22O9S. The van der Waals surface area contributed by atoms with E-state index in [0.717, 1.165) is 12.8 Å². The number of aliphatic carboxylic acids is 3. The molecule has 9 nitrogen and oxygen atoms in total. The Labute approximate surface area is 128 Å². The molecule has 0 fully saturated rings. The highest BCUT2D eigenvalue weighted by Crippen LogP contribution is 2.04. The summed E-state index contributed by atoms with van der Waals surface area (Å²) in [4.78, 5) is 30.0. The SMILES string of the molecule is CCCCCCCC(=O)O.O=C(O)CC(C(=O)O)S(=O)(=O)O. The Morgan fingerprint density at radius 1 is 0.909 bits per heavy atom. The van der Waals surface area contributed by atoms with E-state index in [2.05, 4.69) is 6.92 Å². The van der Waals surface area contributed by atoms with Gasteiger partial charge >= 0.3 is 17.9 Å². The van der Waals surface area contributed by atoms with Crippen molar-refractivity contribution in [2.45, 2.75) is 57.1 Å². The molecule has 0 amide bonds. The Bertz CT molecular complexity index is 455. The Hall–Kier alpha value is -1.68. The van der Waals surface area contributed by atoms with Crippen LogP contribution in [-0.2, 0) is 24.5 Å². The van der Waals surface area contributed by atoms with Crippen LogP contribution in [-0.4, -0.2) is 51.4 Å². The fourth-order valence-electron chi connectivity index (χ4n) is 1.36. The van der Waals surface area contributed by atoms with E-state index in [1.54, 1.807) is 0 Å². The van der Waals surface area contributed by atoms with E-state index in [9.17, 15) is 22.8 Å². The first-order valence-electron chi connectivity index (χ1n) is 6.65. The highest BCUT2D eigenvalue weighted by molar-refractivity contribution is 7.87. The van der Waals surface area contributed by atoms with Crippen molar-refractivity contribution >= 4 is 28.0 Å². The second-order valence-corrected chi connectivity index (χ2v) is 6.10. The Morgan fingerprint density at radius 3 is 1.68 bits per heavy atom. The first kappa shape index (κ1) is 22.6. The predicted molar refractivity (Wildman–Crippen MR) is 76.2 cm³/mol. The molecule has 0 saturated heterocycles. The predicted octanol–water partition coefficient (Wildman–Crippen LogP) is 1.23. The summed E-state index contributed by atoms with van der Waals surface area (Å²) >= 11 is 0. The number of rotatable bonds is 10. The second kappa shape index (κ2) is 11.9. The third kappa shape index (κ3) is 14.7. The average molecular weight is 342 g/mol. The van der Waals surface area contributed by atoms with Gasteiger partial charge in [0.15, 0.2) is 5.25 Å². The number of carboxylic acids is 3. The summed E-state index contributed by atoms with van der Waals surface area (Å²) in [6, 6.07) is 0. The number of unbranched alkanes of at least 4 members (excludes halogenated alkanes) is 4. The van der Waals surface area contributed by atoms with Crippen molar-refractivity contribution < 1.29 is 42.7 Å². The lowest BCUT2D eigenvalue weighted by atomic mass is 10.1. The van der Waals surface area contributed by atoms with Crippen molar-refractivity contribution in [3.05, 3.63) is 0 Å². The molecule has 0 aromatic carbocycles. The molecule has 1 atom stereocenters. The molecule has 1 unspecified atom stereocenters. The van der Waals surface area contributed by atoms with E-state index in [4.69, 9.17) is 19.9 Å². The molecule has 0 saturated carbocycles. The zero-order chi connectivity index (χ0) is 17.8. The van der Waals surface area contributed by atoms with E-state index >= 15 is 0 Å². The standard InChI is InChI=1S/C8H16O2.C4H6O7S/c1-2-3-4-5-6-7-8(9)10;5-3(6)1-2(4(7)8)12(9,10)11/h2-7H2,1H3,(H,9,10);2H,1H2,(H,5,6)(H,7,8)(H,9,10,11). The van der Waals surface area contributed by atoms with Gasteiger partial charge in [-0.05, 0) is 6.42 Å². The fraction of sp³-hybridized carbons (Fsp3) is 0.750. The van der Waals surface area contributed by atoms with Crippen LogP contribution in [0.15, 0.2) is 0 Å². The number of carboxylic acid groups (broad SMARTS) is 3. The monoisotopic (exact) mass is 342 g/mol. The lowest BCUT2D eigenvalue weighted by Crippen LogP contribution is -2.31. The van der Waals surface area contributed by atoms with E-state index in [1.807, 2.05) is 0 Å². The molecule has 22 heavy (non-hydrogen) atoms. The van der Waals surface area contributed by atoms with Crippen LogP contribution in [0.25, 0.3) is 0 Å². The topological polar surface area (TPSA) is 166 Å². The molecule has 0 aromatic rings. The molecule has 4 N–H and O–H groups in total. The zero-order valence-corrected chi connectivity index (χ0v) is 13.1. The van der Waals surface area contributed by atoms with Crippen LogP contribution < -0.4 is 0 Å². The van der Waals surface area contributed by atoms with Crippen LogP contribution in [0.1, 0.15) is 51.9 Å². The fourth-order valence-corrected chi connectivity index (χ4v) is 1.97. The van der Waals surface area contributed by atoms with Gasteiger partial charge in [0.1, 0.15) is 0 Å². The molecule has 0 heterocycles. The van der Waals surface area contributed by atoms with Crippen molar-refractivity contribution in [2.75, 3.05) is 0 Å². The molecule has 0 aliphatic carbocycles. The second-order valence-electron chi connectivity index (χ2n) is 4.50. The highest BCUT2D eigenvalue weighted by atomic mass is 32.2. The number of carbonyl (C=O) groups is 3. The molecule has 0 aliphatic heterocycles. The van der Waals surface area contributed by atoms with Crippen molar-refractivity contribution in [2.24, 2.45) is 0 Å². The van der Waals surface area contributed by atoms with Crippen molar-refractivity contribution in [1.29, 1.82) is 0 Å². The summed E-state index contributed by atoms with van der Waals surface area (Å²) in [5.74, 6) is -4.17. The Kier molecular flexibility index (Phi) is 12.2. The van der Waals surface area contributed by atoms with E-state index in [1.165, 1.54) is 19.3 Å². The molecule has 0 aliphatic rings. The molecule has 0 rings (SSSR count). The van der Waals surface area contributed by atoms with Gasteiger partial charge in [0.2, 0.25) is 0 Å². The van der Waals surface area contributed by atoms with Crippen LogP contribution in [0.3, 0.4) is 0 Å². The summed E-state index contributed by atoms with van der Waals surface area (Å²) in [6.45, 7) is 2.15. The van der Waals surface area contributed by atoms with E-state index in [-0.39, 0.29) is 0 Å². The maximum atomic E-state index is 10.2. The third-order valence-electron chi connectivity index (χ3n) is 2.49. The van der Waals surface area contributed by atoms with Crippen LogP contribution in [0.2, 0.25) is 0 Å². The lowest BCUT2D eigenvalue weighted by molar-refractivity contribution is -0.143. The highest BCUT2D eigenvalue weighted by Gasteiger charge is 2.33. The first-order valence-corrected chi connectivity index (χ1v) is 8.15. The van der Waals surface area contributed by atoms with Crippen molar-refractivity contribution in [3.8, 4) is 0 Å². The first-order chi connectivity index (χ1) is 10.0. The molecule has 0 bridgehead atoms. The lowest BCUT2D eigenvalue weighted by Gasteiger charge is -2.04. The third-order valence-corrected chi connectivity index (χ3v) is 3.58. The molecule has 10 heteroatoms. The number of hydrogen-bond acceptors (Lipinski definition) is 5. The van der Waals surface area contributed by atoms with Crippen LogP contribution in [0, 0.1) is 0 Å². The summed E-state index contributed by atoms with van der Waals surface area (Å²) in [6.07, 6.45) is 4.73. The van der Waals surface area contributed by atoms with Gasteiger partial charge in [-0.15, -0.1) is 0 Å². The molecule has 0 aromatic heterocycles. The molecule has 0 radical (unpaired) electrons. The summed E-state index contributed by atoms with van der Waals surface area (Å²) in [5.41, 5.74) is 0. The normalized spacial score (nSPS) is 11.9. The minimum absolute atomic E-state index is 0.337. The molecule has 130 valence electrons. The zero-order valence-electron chi connectivity index (χ0n) is 12.3. The molecular weight excluding hydrogens is 320 g/mol. The minimum Gasteiger partial charge on any atom is -0.481 e. The van der Waals surface area contributed by atoms with E-state index < -0.39 is 39.7 Å². The maximum absolute atomic E-state index is 10.2. The van der Waals surface area contributed by atoms with Crippen molar-refractivity contribution in [3.63, 3.8) is 0 Å². The number of hydrogen-bond donors (Lipinski definition) is 4. The Morgan fingerprint density at radius 2 is 1.41 bits per heavy atom. The van der Waals surface area contributed by atoms with Gasteiger partial charge < -0.3 is 15.3 Å². The quantitative estimate of drug-likeness (QED) is 0.337. The van der Waals surface area contributed by atoms with Gasteiger partial charge in [-0.2, -0.15) is 8.42 Å². The largest absolute Gasteiger partial charge is 0.481 e. The van der Waals surface area contributed by atoms with Gasteiger partial charge in [-0.3, -0.25) is 18.9 Å². The van der Waals surface area contributed by atoms with Gasteiger partial charge in [-0.1, -0.05) is 32.6 Å². The van der Waals surface area contributed by atoms with Gasteiger partial charge in [0.05, 0.1) is 6.42 Å². The smallest absolute Gasteiger partial charge is 0.325 e. The average Bonchev–Trinajstić information content (AvgIpc) is 2.34. The van der Waals surface area contributed by atoms with Crippen LogP contribution in [0.5, 0.6) is 0 Å². The van der Waals surface area contributed by atoms with Crippen molar-refractivity contribution in [1.82, 2.24) is 0 Å². The summed E-state index contributed by atoms with van der Waals surface area (Å²) < 4.78 is 28.7. The van der Waals surface area contributed by atoms with Gasteiger partial charge in [-0.25, -0.2) is 0 Å². The van der Waals surface area contributed by atoms with Gasteiger partial charge in [0, 0.05) is 6.42 Å². The Balaban J connectivity index is 0. The van der Waals surface area contributed by atoms with Gasteiger partial charge in [0.25, 0.3) is 10.1 Å².